The monoisotopic (exact) mass is 268 g/mol. The van der Waals surface area contributed by atoms with Gasteiger partial charge >= 0.3 is 0 Å². The molecule has 3 fully saturated rings. The van der Waals surface area contributed by atoms with Crippen LogP contribution < -0.4 is 10.6 Å². The van der Waals surface area contributed by atoms with E-state index < -0.39 is 0 Å². The van der Waals surface area contributed by atoms with Crippen molar-refractivity contribution in [1.29, 1.82) is 0 Å². The average Bonchev–Trinajstić information content (AvgIpc) is 2.83. The van der Waals surface area contributed by atoms with Gasteiger partial charge in [-0.15, -0.1) is 0 Å². The minimum absolute atomic E-state index is 0.341. The minimum atomic E-state index is 0.341. The number of nitrogens with zero attached hydrogens (tertiary/aromatic N) is 1. The van der Waals surface area contributed by atoms with Crippen molar-refractivity contribution >= 4 is 17.3 Å². The quantitative estimate of drug-likeness (QED) is 0.795. The molecular formula is C17H20N2O. The predicted molar refractivity (Wildman–Crippen MR) is 78.2 cm³/mol. The first-order chi connectivity index (χ1) is 9.75. The van der Waals surface area contributed by atoms with Gasteiger partial charge in [0, 0.05) is 29.4 Å². The molecule has 2 N–H and O–H groups in total. The first-order valence-corrected chi connectivity index (χ1v) is 7.94. The third-order valence-electron chi connectivity index (χ3n) is 6.35. The Kier molecular flexibility index (Phi) is 2.00. The molecule has 2 bridgehead atoms. The average molecular weight is 268 g/mol. The van der Waals surface area contributed by atoms with Gasteiger partial charge in [-0.2, -0.15) is 0 Å². The molecule has 20 heavy (non-hydrogen) atoms. The number of anilines is 2. The van der Waals surface area contributed by atoms with Crippen molar-refractivity contribution in [3.8, 4) is 0 Å². The second-order valence-corrected chi connectivity index (χ2v) is 7.10. The molecule has 4 aliphatic rings. The fourth-order valence-corrected chi connectivity index (χ4v) is 5.53. The molecule has 1 aliphatic heterocycles. The lowest BCUT2D eigenvalue weighted by Crippen LogP contribution is -2.32. The van der Waals surface area contributed by atoms with E-state index in [0.29, 0.717) is 11.8 Å². The van der Waals surface area contributed by atoms with Crippen molar-refractivity contribution in [1.82, 2.24) is 0 Å². The number of rotatable bonds is 1. The van der Waals surface area contributed by atoms with Crippen molar-refractivity contribution in [2.45, 2.75) is 25.7 Å². The van der Waals surface area contributed by atoms with Crippen LogP contribution in [0.1, 0.15) is 24.8 Å². The maximum absolute atomic E-state index is 12.9. The summed E-state index contributed by atoms with van der Waals surface area (Å²) < 4.78 is 0. The summed E-state index contributed by atoms with van der Waals surface area (Å²) in [6.45, 7) is 0.827. The second-order valence-electron chi connectivity index (χ2n) is 7.10. The molecule has 5 rings (SSSR count). The van der Waals surface area contributed by atoms with Crippen LogP contribution in [-0.2, 0) is 11.2 Å². The van der Waals surface area contributed by atoms with Crippen molar-refractivity contribution in [2.75, 3.05) is 17.2 Å². The van der Waals surface area contributed by atoms with Crippen LogP contribution in [0, 0.1) is 29.6 Å². The highest BCUT2D eigenvalue weighted by Gasteiger charge is 2.68. The van der Waals surface area contributed by atoms with Crippen LogP contribution in [0.25, 0.3) is 0 Å². The van der Waals surface area contributed by atoms with Crippen molar-refractivity contribution in [3.63, 3.8) is 0 Å². The third kappa shape index (κ3) is 1.24. The summed E-state index contributed by atoms with van der Waals surface area (Å²) in [5, 5.41) is 0. The topological polar surface area (TPSA) is 46.3 Å². The molecule has 1 heterocycles. The molecule has 104 valence electrons. The summed E-state index contributed by atoms with van der Waals surface area (Å²) in [6, 6.07) is 5.97. The number of hydrogen-bond acceptors (Lipinski definition) is 2. The Bertz CT molecular complexity index is 595. The molecule has 1 aromatic carbocycles. The highest BCUT2D eigenvalue weighted by atomic mass is 16.2. The summed E-state index contributed by atoms with van der Waals surface area (Å²) in [4.78, 5) is 14.9. The van der Waals surface area contributed by atoms with E-state index in [9.17, 15) is 4.79 Å². The fraction of sp³-hybridized carbons (Fsp3) is 0.588. The Balaban J connectivity index is 1.44. The lowest BCUT2D eigenvalue weighted by atomic mass is 10.0. The van der Waals surface area contributed by atoms with Gasteiger partial charge < -0.3 is 10.6 Å². The smallest absolute Gasteiger partial charge is 0.230 e. The molecule has 0 spiro atoms. The summed E-state index contributed by atoms with van der Waals surface area (Å²) in [5.41, 5.74) is 9.13. The van der Waals surface area contributed by atoms with Gasteiger partial charge in [0.1, 0.15) is 0 Å². The Labute approximate surface area is 119 Å². The Morgan fingerprint density at radius 1 is 1.20 bits per heavy atom. The van der Waals surface area contributed by atoms with E-state index in [1.807, 2.05) is 17.0 Å². The maximum atomic E-state index is 12.9. The van der Waals surface area contributed by atoms with Gasteiger partial charge in [0.25, 0.3) is 0 Å². The van der Waals surface area contributed by atoms with Crippen molar-refractivity contribution < 1.29 is 4.79 Å². The summed E-state index contributed by atoms with van der Waals surface area (Å²) in [6.07, 6.45) is 5.07. The van der Waals surface area contributed by atoms with E-state index in [1.165, 1.54) is 24.8 Å². The van der Waals surface area contributed by atoms with Crippen molar-refractivity contribution in [3.05, 3.63) is 23.8 Å². The summed E-state index contributed by atoms with van der Waals surface area (Å²) >= 11 is 0. The molecule has 4 unspecified atom stereocenters. The highest BCUT2D eigenvalue weighted by molar-refractivity contribution is 6.00. The predicted octanol–water partition coefficient (Wildman–Crippen LogP) is 2.45. The van der Waals surface area contributed by atoms with Gasteiger partial charge in [-0.1, -0.05) is 6.07 Å². The first kappa shape index (κ1) is 11.2. The number of fused-ring (bicyclic) bond motifs is 6. The zero-order valence-corrected chi connectivity index (χ0v) is 11.6. The third-order valence-corrected chi connectivity index (χ3v) is 6.35. The molecule has 3 nitrogen and oxygen atoms in total. The SMILES string of the molecule is Nc1cccc2c1CCN2C(=O)C1C2C3CCC(C3)C12. The van der Waals surface area contributed by atoms with Crippen LogP contribution in [0.4, 0.5) is 11.4 Å². The molecule has 0 radical (unpaired) electrons. The van der Waals surface area contributed by atoms with Crippen LogP contribution in [-0.4, -0.2) is 12.5 Å². The van der Waals surface area contributed by atoms with Gasteiger partial charge in [-0.05, 0) is 61.5 Å². The first-order valence-electron chi connectivity index (χ1n) is 7.94. The molecule has 0 aromatic heterocycles. The number of carbonyl (C=O) groups excluding carboxylic acids is 1. The molecule has 1 amide bonds. The Morgan fingerprint density at radius 3 is 2.70 bits per heavy atom. The molecular weight excluding hydrogens is 248 g/mol. The number of carbonyl (C=O) groups is 1. The van der Waals surface area contributed by atoms with Gasteiger partial charge in [-0.3, -0.25) is 4.79 Å². The minimum Gasteiger partial charge on any atom is -0.398 e. The van der Waals surface area contributed by atoms with E-state index in [2.05, 4.69) is 6.07 Å². The molecule has 4 atom stereocenters. The number of hydrogen-bond donors (Lipinski definition) is 1. The molecule has 3 heteroatoms. The molecule has 3 aliphatic carbocycles. The van der Waals surface area contributed by atoms with Crippen molar-refractivity contribution in [2.24, 2.45) is 29.6 Å². The number of nitrogens with two attached hydrogens (primary N) is 1. The largest absolute Gasteiger partial charge is 0.398 e. The molecule has 1 aromatic rings. The number of amides is 1. The lowest BCUT2D eigenvalue weighted by Gasteiger charge is -2.19. The fourth-order valence-electron chi connectivity index (χ4n) is 5.53. The highest BCUT2D eigenvalue weighted by Crippen LogP contribution is 2.69. The van der Waals surface area contributed by atoms with Crippen LogP contribution in [0.5, 0.6) is 0 Å². The molecule has 0 saturated heterocycles. The Hall–Kier alpha value is -1.51. The van der Waals surface area contributed by atoms with Gasteiger partial charge in [0.05, 0.1) is 0 Å². The van der Waals surface area contributed by atoms with E-state index in [1.54, 1.807) is 0 Å². The maximum Gasteiger partial charge on any atom is 0.230 e. The van der Waals surface area contributed by atoms with E-state index in [-0.39, 0.29) is 0 Å². The van der Waals surface area contributed by atoms with E-state index in [0.717, 1.165) is 48.0 Å². The summed E-state index contributed by atoms with van der Waals surface area (Å²) in [5.74, 6) is 3.91. The van der Waals surface area contributed by atoms with E-state index in [4.69, 9.17) is 5.73 Å². The Morgan fingerprint density at radius 2 is 1.95 bits per heavy atom. The normalized spacial score (nSPS) is 39.8. The standard InChI is InChI=1S/C17H20N2O/c18-12-2-1-3-13-11(12)6-7-19(13)17(20)16-14-9-4-5-10(8-9)15(14)16/h1-3,9-10,14-16H,4-8,18H2. The van der Waals surface area contributed by atoms with Gasteiger partial charge in [0.15, 0.2) is 0 Å². The van der Waals surface area contributed by atoms with Crippen LogP contribution in [0.15, 0.2) is 18.2 Å². The van der Waals surface area contributed by atoms with Crippen LogP contribution >= 0.6 is 0 Å². The number of benzene rings is 1. The van der Waals surface area contributed by atoms with Gasteiger partial charge in [-0.25, -0.2) is 0 Å². The van der Waals surface area contributed by atoms with Crippen LogP contribution in [0.2, 0.25) is 0 Å². The van der Waals surface area contributed by atoms with Gasteiger partial charge in [0.2, 0.25) is 5.91 Å². The van der Waals surface area contributed by atoms with E-state index >= 15 is 0 Å². The number of nitrogen functional groups attached to an aromatic ring is 1. The zero-order valence-electron chi connectivity index (χ0n) is 11.6. The zero-order chi connectivity index (χ0) is 13.4. The summed E-state index contributed by atoms with van der Waals surface area (Å²) in [7, 11) is 0. The molecule has 3 saturated carbocycles. The van der Waals surface area contributed by atoms with Crippen LogP contribution in [0.3, 0.4) is 0 Å². The second kappa shape index (κ2) is 3.57. The lowest BCUT2D eigenvalue weighted by molar-refractivity contribution is -0.120.